The number of ether oxygens (including phenoxy) is 1. The maximum absolute atomic E-state index is 13.1. The van der Waals surface area contributed by atoms with E-state index in [9.17, 15) is 10.1 Å². The van der Waals surface area contributed by atoms with Crippen LogP contribution in [0.3, 0.4) is 0 Å². The van der Waals surface area contributed by atoms with Gasteiger partial charge in [-0.15, -0.1) is 0 Å². The van der Waals surface area contributed by atoms with Gasteiger partial charge in [0.15, 0.2) is 5.69 Å². The first-order valence-electron chi connectivity index (χ1n) is 10.6. The normalized spacial score (nSPS) is 12.7. The highest BCUT2D eigenvalue weighted by Gasteiger charge is 2.34. The highest BCUT2D eigenvalue weighted by Crippen LogP contribution is 2.43. The van der Waals surface area contributed by atoms with Crippen molar-refractivity contribution in [1.82, 2.24) is 9.97 Å². The van der Waals surface area contributed by atoms with Crippen LogP contribution in [0.1, 0.15) is 46.1 Å². The van der Waals surface area contributed by atoms with Crippen LogP contribution in [-0.4, -0.2) is 15.9 Å². The molecule has 5 rings (SSSR count). The summed E-state index contributed by atoms with van der Waals surface area (Å²) in [5, 5.41) is 12.2. The van der Waals surface area contributed by atoms with Crippen LogP contribution in [-0.2, 0) is 0 Å². The van der Waals surface area contributed by atoms with Crippen molar-refractivity contribution in [3.8, 4) is 29.2 Å². The number of aromatic nitrogens is 2. The van der Waals surface area contributed by atoms with Crippen LogP contribution in [0.4, 0.5) is 5.69 Å². The van der Waals surface area contributed by atoms with Crippen LogP contribution >= 0.6 is 0 Å². The molecule has 1 aliphatic rings. The van der Waals surface area contributed by atoms with Gasteiger partial charge in [-0.3, -0.25) is 4.79 Å². The predicted octanol–water partition coefficient (Wildman–Crippen LogP) is 5.84. The van der Waals surface area contributed by atoms with E-state index >= 15 is 0 Å². The van der Waals surface area contributed by atoms with E-state index in [0.717, 1.165) is 24.0 Å². The van der Waals surface area contributed by atoms with E-state index < -0.39 is 0 Å². The Morgan fingerprint density at radius 2 is 1.97 bits per heavy atom. The van der Waals surface area contributed by atoms with Crippen LogP contribution in [0.25, 0.3) is 11.5 Å². The van der Waals surface area contributed by atoms with Gasteiger partial charge >= 0.3 is 0 Å². The third-order valence-corrected chi connectivity index (χ3v) is 5.39. The number of benzene rings is 2. The molecule has 0 bridgehead atoms. The lowest BCUT2D eigenvalue weighted by atomic mass is 10.1. The standard InChI is InChI=1S/C26H20N4O3/c1-16-14-20(32-25-19(15-27)8-5-13-28-25)11-12-21(16)29-24(31)22-23(17-9-10-17)33-26(30-22)18-6-3-2-4-7-18/h2-8,11-14,17H,9-10H2,1H3,(H,29,31). The zero-order chi connectivity index (χ0) is 22.8. The number of aryl methyl sites for hydroxylation is 1. The number of nitriles is 1. The van der Waals surface area contributed by atoms with E-state index in [-0.39, 0.29) is 17.7 Å². The minimum Gasteiger partial charge on any atom is -0.440 e. The van der Waals surface area contributed by atoms with Crippen molar-refractivity contribution < 1.29 is 13.9 Å². The maximum atomic E-state index is 13.1. The minimum atomic E-state index is -0.309. The molecule has 1 N–H and O–H groups in total. The van der Waals surface area contributed by atoms with Gasteiger partial charge in [0.2, 0.25) is 11.8 Å². The smallest absolute Gasteiger partial charge is 0.277 e. The third-order valence-electron chi connectivity index (χ3n) is 5.39. The van der Waals surface area contributed by atoms with Gasteiger partial charge < -0.3 is 14.5 Å². The molecule has 33 heavy (non-hydrogen) atoms. The Balaban J connectivity index is 1.37. The number of amides is 1. The van der Waals surface area contributed by atoms with Gasteiger partial charge in [-0.25, -0.2) is 9.97 Å². The van der Waals surface area contributed by atoms with Crippen molar-refractivity contribution in [3.05, 3.63) is 89.4 Å². The number of rotatable bonds is 6. The maximum Gasteiger partial charge on any atom is 0.277 e. The van der Waals surface area contributed by atoms with Gasteiger partial charge in [-0.05, 0) is 67.8 Å². The quantitative estimate of drug-likeness (QED) is 0.407. The molecular formula is C26H20N4O3. The largest absolute Gasteiger partial charge is 0.440 e. The Morgan fingerprint density at radius 3 is 2.70 bits per heavy atom. The Kier molecular flexibility index (Phi) is 5.33. The summed E-state index contributed by atoms with van der Waals surface area (Å²) in [5.41, 5.74) is 2.95. The number of nitrogens with one attached hydrogen (secondary N) is 1. The average Bonchev–Trinajstić information content (AvgIpc) is 3.59. The predicted molar refractivity (Wildman–Crippen MR) is 122 cm³/mol. The van der Waals surface area contributed by atoms with Crippen LogP contribution in [0.5, 0.6) is 11.6 Å². The number of hydrogen-bond acceptors (Lipinski definition) is 6. The summed E-state index contributed by atoms with van der Waals surface area (Å²) in [6.07, 6.45) is 3.55. The van der Waals surface area contributed by atoms with Gasteiger partial charge in [-0.2, -0.15) is 5.26 Å². The average molecular weight is 436 g/mol. The molecular weight excluding hydrogens is 416 g/mol. The molecule has 7 heteroatoms. The summed E-state index contributed by atoms with van der Waals surface area (Å²) in [5.74, 6) is 1.78. The SMILES string of the molecule is Cc1cc(Oc2ncccc2C#N)ccc1NC(=O)c1nc(-c2ccccc2)oc1C1CC1. The molecule has 1 fully saturated rings. The van der Waals surface area contributed by atoms with E-state index in [4.69, 9.17) is 9.15 Å². The molecule has 1 aliphatic carbocycles. The van der Waals surface area contributed by atoms with Crippen molar-refractivity contribution in [1.29, 1.82) is 5.26 Å². The number of carbonyl (C=O) groups is 1. The Bertz CT molecular complexity index is 1370. The zero-order valence-electron chi connectivity index (χ0n) is 17.9. The topological polar surface area (TPSA) is 101 Å². The number of pyridine rings is 1. The fraction of sp³-hybridized carbons (Fsp3) is 0.154. The monoisotopic (exact) mass is 436 g/mol. The summed E-state index contributed by atoms with van der Waals surface area (Å²) in [6, 6.07) is 20.2. The van der Waals surface area contributed by atoms with Crippen LogP contribution < -0.4 is 10.1 Å². The molecule has 2 aromatic carbocycles. The second kappa shape index (κ2) is 8.60. The molecule has 0 radical (unpaired) electrons. The van der Waals surface area contributed by atoms with Crippen molar-refractivity contribution in [2.75, 3.05) is 5.32 Å². The first kappa shape index (κ1) is 20.5. The number of anilines is 1. The molecule has 0 atom stereocenters. The molecule has 0 unspecified atom stereocenters. The molecule has 0 spiro atoms. The lowest BCUT2D eigenvalue weighted by molar-refractivity contribution is 0.102. The number of nitrogens with zero attached hydrogens (tertiary/aromatic N) is 3. The van der Waals surface area contributed by atoms with Crippen molar-refractivity contribution in [2.45, 2.75) is 25.7 Å². The summed E-state index contributed by atoms with van der Waals surface area (Å²) >= 11 is 0. The van der Waals surface area contributed by atoms with Gasteiger partial charge in [0.1, 0.15) is 23.1 Å². The zero-order valence-corrected chi connectivity index (χ0v) is 17.9. The highest BCUT2D eigenvalue weighted by atomic mass is 16.5. The van der Waals surface area contributed by atoms with Gasteiger partial charge in [0.05, 0.1) is 0 Å². The van der Waals surface area contributed by atoms with E-state index in [2.05, 4.69) is 21.4 Å². The van der Waals surface area contributed by atoms with E-state index in [1.54, 1.807) is 36.5 Å². The van der Waals surface area contributed by atoms with Crippen LogP contribution in [0, 0.1) is 18.3 Å². The summed E-state index contributed by atoms with van der Waals surface area (Å²) in [7, 11) is 0. The van der Waals surface area contributed by atoms with E-state index in [1.165, 1.54) is 0 Å². The van der Waals surface area contributed by atoms with Crippen molar-refractivity contribution >= 4 is 11.6 Å². The molecule has 7 nitrogen and oxygen atoms in total. The molecule has 1 saturated carbocycles. The van der Waals surface area contributed by atoms with Crippen LogP contribution in [0.15, 0.2) is 71.3 Å². The van der Waals surface area contributed by atoms with Gasteiger partial charge in [0, 0.05) is 23.4 Å². The molecule has 0 aliphatic heterocycles. The fourth-order valence-corrected chi connectivity index (χ4v) is 3.51. The summed E-state index contributed by atoms with van der Waals surface area (Å²) in [4.78, 5) is 21.7. The Labute approximate surface area is 190 Å². The molecule has 2 aromatic heterocycles. The molecule has 162 valence electrons. The second-order valence-corrected chi connectivity index (χ2v) is 7.87. The number of hydrogen-bond donors (Lipinski definition) is 1. The van der Waals surface area contributed by atoms with Gasteiger partial charge in [0.25, 0.3) is 5.91 Å². The first-order chi connectivity index (χ1) is 16.1. The highest BCUT2D eigenvalue weighted by molar-refractivity contribution is 6.04. The molecule has 4 aromatic rings. The van der Waals surface area contributed by atoms with Crippen molar-refractivity contribution in [3.63, 3.8) is 0 Å². The summed E-state index contributed by atoms with van der Waals surface area (Å²) < 4.78 is 11.8. The lowest BCUT2D eigenvalue weighted by Crippen LogP contribution is -2.15. The number of carbonyl (C=O) groups excluding carboxylic acids is 1. The molecule has 1 amide bonds. The van der Waals surface area contributed by atoms with Crippen LogP contribution in [0.2, 0.25) is 0 Å². The molecule has 0 saturated heterocycles. The van der Waals surface area contributed by atoms with Crippen molar-refractivity contribution in [2.24, 2.45) is 0 Å². The molecule has 2 heterocycles. The second-order valence-electron chi connectivity index (χ2n) is 7.87. The Hall–Kier alpha value is -4.44. The Morgan fingerprint density at radius 1 is 1.15 bits per heavy atom. The fourth-order valence-electron chi connectivity index (χ4n) is 3.51. The van der Waals surface area contributed by atoms with E-state index in [1.807, 2.05) is 37.3 Å². The number of oxazole rings is 1. The first-order valence-corrected chi connectivity index (χ1v) is 10.6. The lowest BCUT2D eigenvalue weighted by Gasteiger charge is -2.11. The summed E-state index contributed by atoms with van der Waals surface area (Å²) in [6.45, 7) is 1.87. The third kappa shape index (κ3) is 4.32. The van der Waals surface area contributed by atoms with E-state index in [0.29, 0.717) is 34.3 Å². The minimum absolute atomic E-state index is 0.236. The van der Waals surface area contributed by atoms with Gasteiger partial charge in [-0.1, -0.05) is 18.2 Å².